The van der Waals surface area contributed by atoms with Crippen LogP contribution in [0.5, 0.6) is 11.5 Å². The van der Waals surface area contributed by atoms with E-state index in [0.29, 0.717) is 33.7 Å². The lowest BCUT2D eigenvalue weighted by atomic mass is 10.0. The topological polar surface area (TPSA) is 60.5 Å². The maximum absolute atomic E-state index is 13.4. The highest BCUT2D eigenvalue weighted by Crippen LogP contribution is 2.37. The van der Waals surface area contributed by atoms with Gasteiger partial charge >= 0.3 is 6.18 Å². The number of fused-ring (bicyclic) bond motifs is 2. The second-order valence-electron chi connectivity index (χ2n) is 7.14. The van der Waals surface area contributed by atoms with Crippen molar-refractivity contribution in [2.45, 2.75) is 6.18 Å². The Bertz CT molecular complexity index is 1350. The molecule has 0 unspecified atom stereocenters. The molecule has 0 spiro atoms. The molecule has 1 amide bonds. The van der Waals surface area contributed by atoms with Gasteiger partial charge in [-0.1, -0.05) is 30.3 Å². The van der Waals surface area contributed by atoms with Crippen LogP contribution in [0, 0.1) is 0 Å². The summed E-state index contributed by atoms with van der Waals surface area (Å²) in [5.74, 6) is 0.501. The third kappa shape index (κ3) is 3.60. The molecule has 2 heterocycles. The van der Waals surface area contributed by atoms with E-state index in [9.17, 15) is 18.0 Å². The smallest absolute Gasteiger partial charge is 0.418 e. The van der Waals surface area contributed by atoms with Gasteiger partial charge in [0.25, 0.3) is 5.91 Å². The van der Waals surface area contributed by atoms with Crippen molar-refractivity contribution in [2.75, 3.05) is 12.1 Å². The van der Waals surface area contributed by atoms with Gasteiger partial charge < -0.3 is 14.8 Å². The molecule has 1 N–H and O–H groups in total. The molecule has 4 aromatic rings. The summed E-state index contributed by atoms with van der Waals surface area (Å²) in [7, 11) is 0. The number of ether oxygens (including phenoxy) is 2. The number of halogens is 3. The average Bonchev–Trinajstić information content (AvgIpc) is 3.26. The minimum absolute atomic E-state index is 0.121. The third-order valence-electron chi connectivity index (χ3n) is 5.11. The molecule has 1 aliphatic heterocycles. The lowest BCUT2D eigenvalue weighted by molar-refractivity contribution is -0.136. The predicted molar refractivity (Wildman–Crippen MR) is 113 cm³/mol. The Morgan fingerprint density at radius 2 is 1.66 bits per heavy atom. The van der Waals surface area contributed by atoms with Crippen LogP contribution < -0.4 is 14.8 Å². The normalized spacial score (nSPS) is 12.7. The van der Waals surface area contributed by atoms with Crippen LogP contribution in [-0.2, 0) is 6.18 Å². The van der Waals surface area contributed by atoms with E-state index < -0.39 is 17.6 Å². The van der Waals surface area contributed by atoms with E-state index in [1.807, 2.05) is 0 Å². The summed E-state index contributed by atoms with van der Waals surface area (Å²) in [5, 5.41) is 2.94. The van der Waals surface area contributed by atoms with Gasteiger partial charge in [0.15, 0.2) is 11.5 Å². The summed E-state index contributed by atoms with van der Waals surface area (Å²) < 4.78 is 50.8. The molecular formula is C24H15F3N2O3. The second kappa shape index (κ2) is 7.56. The lowest BCUT2D eigenvalue weighted by Gasteiger charge is -2.15. The monoisotopic (exact) mass is 436 g/mol. The largest absolute Gasteiger partial charge is 0.454 e. The summed E-state index contributed by atoms with van der Waals surface area (Å²) in [6.45, 7) is 0.121. The first-order valence-electron chi connectivity index (χ1n) is 9.67. The quantitative estimate of drug-likeness (QED) is 0.434. The Hall–Kier alpha value is -4.07. The molecule has 5 rings (SSSR count). The van der Waals surface area contributed by atoms with Crippen LogP contribution in [0.15, 0.2) is 72.8 Å². The van der Waals surface area contributed by atoms with E-state index in [1.165, 1.54) is 18.2 Å². The van der Waals surface area contributed by atoms with E-state index in [-0.39, 0.29) is 18.0 Å². The van der Waals surface area contributed by atoms with Crippen molar-refractivity contribution in [3.05, 3.63) is 83.9 Å². The van der Waals surface area contributed by atoms with Crippen LogP contribution in [0.4, 0.5) is 18.9 Å². The van der Waals surface area contributed by atoms with Crippen LogP contribution in [-0.4, -0.2) is 17.7 Å². The second-order valence-corrected chi connectivity index (χ2v) is 7.14. The van der Waals surface area contributed by atoms with Crippen LogP contribution in [0.2, 0.25) is 0 Å². The van der Waals surface area contributed by atoms with Crippen molar-refractivity contribution in [3.63, 3.8) is 0 Å². The van der Waals surface area contributed by atoms with Gasteiger partial charge in [0, 0.05) is 10.9 Å². The average molecular weight is 436 g/mol. The lowest BCUT2D eigenvalue weighted by Crippen LogP contribution is -2.17. The molecule has 160 valence electrons. The van der Waals surface area contributed by atoms with Gasteiger partial charge in [-0.3, -0.25) is 4.79 Å². The highest BCUT2D eigenvalue weighted by atomic mass is 19.4. The van der Waals surface area contributed by atoms with E-state index in [1.54, 1.807) is 48.5 Å². The van der Waals surface area contributed by atoms with Crippen molar-refractivity contribution >= 4 is 22.5 Å². The minimum atomic E-state index is -4.60. The highest BCUT2D eigenvalue weighted by molar-refractivity contribution is 6.13. The fourth-order valence-electron chi connectivity index (χ4n) is 3.60. The van der Waals surface area contributed by atoms with Crippen LogP contribution in [0.1, 0.15) is 15.9 Å². The molecular weight excluding hydrogens is 421 g/mol. The van der Waals surface area contributed by atoms with E-state index in [0.717, 1.165) is 6.07 Å². The van der Waals surface area contributed by atoms with Gasteiger partial charge in [-0.25, -0.2) is 4.98 Å². The number of nitrogens with one attached hydrogen (secondary N) is 1. The Labute approximate surface area is 180 Å². The number of anilines is 1. The van der Waals surface area contributed by atoms with E-state index in [2.05, 4.69) is 10.3 Å². The van der Waals surface area contributed by atoms with Gasteiger partial charge in [-0.05, 0) is 42.5 Å². The number of hydrogen-bond acceptors (Lipinski definition) is 4. The Morgan fingerprint density at radius 3 is 2.50 bits per heavy atom. The molecule has 0 radical (unpaired) electrons. The van der Waals surface area contributed by atoms with Crippen molar-refractivity contribution in [3.8, 4) is 22.8 Å². The molecule has 1 aliphatic rings. The third-order valence-corrected chi connectivity index (χ3v) is 5.11. The number of para-hydroxylation sites is 2. The van der Waals surface area contributed by atoms with E-state index in [4.69, 9.17) is 9.47 Å². The predicted octanol–water partition coefficient (Wildman–Crippen LogP) is 5.90. The van der Waals surface area contributed by atoms with Gasteiger partial charge in [0.05, 0.1) is 28.0 Å². The minimum Gasteiger partial charge on any atom is -0.454 e. The zero-order valence-electron chi connectivity index (χ0n) is 16.4. The SMILES string of the molecule is O=C(Nc1ccccc1C(F)(F)F)c1cc(-c2ccc3c(c2)OCO3)nc2ccccc12. The van der Waals surface area contributed by atoms with Crippen LogP contribution in [0.25, 0.3) is 22.2 Å². The molecule has 0 fully saturated rings. The number of benzene rings is 3. The first-order chi connectivity index (χ1) is 15.4. The number of carbonyl (C=O) groups is 1. The number of alkyl halides is 3. The van der Waals surface area contributed by atoms with Crippen molar-refractivity contribution < 1.29 is 27.4 Å². The molecule has 0 atom stereocenters. The summed E-state index contributed by atoms with van der Waals surface area (Å²) in [5.41, 5.74) is 0.691. The molecule has 3 aromatic carbocycles. The van der Waals surface area contributed by atoms with Gasteiger partial charge in [-0.15, -0.1) is 0 Å². The fourth-order valence-corrected chi connectivity index (χ4v) is 3.60. The molecule has 32 heavy (non-hydrogen) atoms. The molecule has 8 heteroatoms. The first kappa shape index (κ1) is 19.9. The zero-order valence-corrected chi connectivity index (χ0v) is 16.4. The number of rotatable bonds is 3. The number of nitrogens with zero attached hydrogens (tertiary/aromatic N) is 1. The Kier molecular flexibility index (Phi) is 4.70. The van der Waals surface area contributed by atoms with Gasteiger partial charge in [0.1, 0.15) is 0 Å². The summed E-state index contributed by atoms with van der Waals surface area (Å²) in [6.07, 6.45) is -4.60. The molecule has 1 aromatic heterocycles. The standard InChI is InChI=1S/C24H15F3N2O3/c25-24(26,27)17-6-2-4-8-19(17)29-23(30)16-12-20(28-18-7-3-1-5-15(16)18)14-9-10-21-22(11-14)32-13-31-21/h1-12H,13H2,(H,29,30). The van der Waals surface area contributed by atoms with Crippen LogP contribution >= 0.6 is 0 Å². The number of pyridine rings is 1. The molecule has 0 saturated carbocycles. The van der Waals surface area contributed by atoms with Crippen LogP contribution in [0.3, 0.4) is 0 Å². The fraction of sp³-hybridized carbons (Fsp3) is 0.0833. The van der Waals surface area contributed by atoms with Crippen molar-refractivity contribution in [1.29, 1.82) is 0 Å². The molecule has 5 nitrogen and oxygen atoms in total. The highest BCUT2D eigenvalue weighted by Gasteiger charge is 2.33. The molecule has 0 bridgehead atoms. The summed E-state index contributed by atoms with van der Waals surface area (Å²) in [6, 6.07) is 18.7. The number of hydrogen-bond donors (Lipinski definition) is 1. The number of aromatic nitrogens is 1. The Morgan fingerprint density at radius 1 is 0.906 bits per heavy atom. The number of carbonyl (C=O) groups excluding carboxylic acids is 1. The maximum Gasteiger partial charge on any atom is 0.418 e. The summed E-state index contributed by atoms with van der Waals surface area (Å²) in [4.78, 5) is 17.7. The zero-order chi connectivity index (χ0) is 22.3. The maximum atomic E-state index is 13.4. The van der Waals surface area contributed by atoms with E-state index >= 15 is 0 Å². The van der Waals surface area contributed by atoms with Crippen molar-refractivity contribution in [2.24, 2.45) is 0 Å². The number of amides is 1. The molecule has 0 aliphatic carbocycles. The van der Waals surface area contributed by atoms with Crippen molar-refractivity contribution in [1.82, 2.24) is 4.98 Å². The summed E-state index contributed by atoms with van der Waals surface area (Å²) >= 11 is 0. The molecule has 0 saturated heterocycles. The van der Waals surface area contributed by atoms with Gasteiger partial charge in [0.2, 0.25) is 6.79 Å². The van der Waals surface area contributed by atoms with Gasteiger partial charge in [-0.2, -0.15) is 13.2 Å². The first-order valence-corrected chi connectivity index (χ1v) is 9.67. The Balaban J connectivity index is 1.59.